The number of aliphatic hydroxyl groups is 1. The molecule has 2 heterocycles. The Balaban J connectivity index is 0.913. The molecule has 111 heavy (non-hydrogen) atoms. The van der Waals surface area contributed by atoms with Gasteiger partial charge in [-0.2, -0.15) is 0 Å². The Morgan fingerprint density at radius 3 is 0.559 bits per heavy atom. The van der Waals surface area contributed by atoms with Crippen molar-refractivity contribution < 1.29 is 76.2 Å². The molecule has 11 aromatic carbocycles. The van der Waals surface area contributed by atoms with Crippen LogP contribution in [0.25, 0.3) is 0 Å². The molecule has 16 atom stereocenters. The van der Waals surface area contributed by atoms with Gasteiger partial charge in [0.05, 0.1) is 85.9 Å². The fourth-order valence-electron chi connectivity index (χ4n) is 14.3. The van der Waals surface area contributed by atoms with Crippen molar-refractivity contribution >= 4 is 0 Å². The summed E-state index contributed by atoms with van der Waals surface area (Å²) in [5.74, 6) is 0. The van der Waals surface area contributed by atoms with E-state index in [1.54, 1.807) is 0 Å². The van der Waals surface area contributed by atoms with E-state index in [4.69, 9.17) is 71.1 Å². The first-order valence-electron chi connectivity index (χ1n) is 38.4. The highest BCUT2D eigenvalue weighted by Crippen LogP contribution is 2.41. The molecule has 574 valence electrons. The second-order valence-corrected chi connectivity index (χ2v) is 28.1. The molecule has 3 fully saturated rings. The Bertz CT molecular complexity index is 4090. The second-order valence-electron chi connectivity index (χ2n) is 28.1. The number of aliphatic hydroxyl groups excluding tert-OH is 1. The molecule has 14 rings (SSSR count). The lowest BCUT2D eigenvalue weighted by Gasteiger charge is -2.53. The Morgan fingerprint density at radius 2 is 0.351 bits per heavy atom. The lowest BCUT2D eigenvalue weighted by Crippen LogP contribution is -2.70. The Hall–Kier alpha value is -9.22. The van der Waals surface area contributed by atoms with Gasteiger partial charge in [-0.05, 0) is 61.2 Å². The van der Waals surface area contributed by atoms with Gasteiger partial charge in [-0.3, -0.25) is 0 Å². The highest BCUT2D eigenvalue weighted by Gasteiger charge is 2.60. The summed E-state index contributed by atoms with van der Waals surface area (Å²) in [5.41, 5.74) is 10.00. The molecule has 2 aliphatic heterocycles. The van der Waals surface area contributed by atoms with E-state index in [1.807, 2.05) is 334 Å². The Kier molecular flexibility index (Phi) is 29.6. The number of benzene rings is 11. The first kappa shape index (κ1) is 78.5. The zero-order chi connectivity index (χ0) is 75.3. The van der Waals surface area contributed by atoms with Crippen molar-refractivity contribution in [3.8, 4) is 0 Å². The van der Waals surface area contributed by atoms with Crippen molar-refractivity contribution in [2.75, 3.05) is 13.2 Å². The van der Waals surface area contributed by atoms with E-state index in [0.29, 0.717) is 0 Å². The van der Waals surface area contributed by atoms with Crippen molar-refractivity contribution in [1.29, 1.82) is 0 Å². The lowest BCUT2D eigenvalue weighted by atomic mass is 9.83. The van der Waals surface area contributed by atoms with Crippen LogP contribution in [0.5, 0.6) is 0 Å². The first-order valence-corrected chi connectivity index (χ1v) is 38.4. The molecular formula is C95H98O16. The van der Waals surface area contributed by atoms with Gasteiger partial charge in [0.25, 0.3) is 0 Å². The van der Waals surface area contributed by atoms with E-state index in [-0.39, 0.29) is 85.9 Å². The van der Waals surface area contributed by atoms with E-state index in [0.717, 1.165) is 61.2 Å². The van der Waals surface area contributed by atoms with E-state index >= 15 is 0 Å². The molecule has 3 aliphatic rings. The van der Waals surface area contributed by atoms with Crippen LogP contribution in [0.3, 0.4) is 0 Å². The fourth-order valence-corrected chi connectivity index (χ4v) is 14.3. The van der Waals surface area contributed by atoms with Gasteiger partial charge < -0.3 is 76.2 Å². The predicted molar refractivity (Wildman–Crippen MR) is 420 cm³/mol. The average Bonchev–Trinajstić information content (AvgIpc) is 0.750. The summed E-state index contributed by atoms with van der Waals surface area (Å²) in [6, 6.07) is 110. The van der Waals surface area contributed by atoms with Gasteiger partial charge >= 0.3 is 0 Å². The molecular weight excluding hydrogens is 1400 g/mol. The molecule has 1 aliphatic carbocycles. The maximum atomic E-state index is 14.5. The summed E-state index contributed by atoms with van der Waals surface area (Å²) >= 11 is 0. The molecule has 0 spiro atoms. The zero-order valence-corrected chi connectivity index (χ0v) is 62.3. The Morgan fingerprint density at radius 1 is 0.189 bits per heavy atom. The van der Waals surface area contributed by atoms with Crippen LogP contribution in [0.15, 0.2) is 334 Å². The average molecular weight is 1500 g/mol. The molecule has 0 bridgehead atoms. The third kappa shape index (κ3) is 22.8. The second kappa shape index (κ2) is 41.9. The largest absolute Gasteiger partial charge is 0.387 e. The van der Waals surface area contributed by atoms with Gasteiger partial charge in [-0.25, -0.2) is 0 Å². The molecule has 7 unspecified atom stereocenters. The first-order chi connectivity index (χ1) is 55.0. The normalized spacial score (nSPS) is 24.6. The van der Waals surface area contributed by atoms with Crippen LogP contribution in [0.2, 0.25) is 0 Å². The van der Waals surface area contributed by atoms with Gasteiger partial charge in [0.2, 0.25) is 0 Å². The van der Waals surface area contributed by atoms with Crippen molar-refractivity contribution in [1.82, 2.24) is 0 Å². The smallest absolute Gasteiger partial charge is 0.187 e. The molecule has 16 nitrogen and oxygen atoms in total. The van der Waals surface area contributed by atoms with Crippen molar-refractivity contribution in [2.24, 2.45) is 0 Å². The minimum Gasteiger partial charge on any atom is -0.387 e. The summed E-state index contributed by atoms with van der Waals surface area (Å²) in [7, 11) is 0. The van der Waals surface area contributed by atoms with Gasteiger partial charge in [-0.15, -0.1) is 0 Å². The maximum Gasteiger partial charge on any atom is 0.187 e. The molecule has 0 amide bonds. The highest BCUT2D eigenvalue weighted by molar-refractivity contribution is 5.23. The summed E-state index contributed by atoms with van der Waals surface area (Å²) in [4.78, 5) is 0. The van der Waals surface area contributed by atoms with E-state index < -0.39 is 98.0 Å². The topological polar surface area (TPSA) is 159 Å². The number of rotatable bonds is 39. The predicted octanol–water partition coefficient (Wildman–Crippen LogP) is 16.3. The van der Waals surface area contributed by atoms with Crippen LogP contribution in [-0.2, 0) is 144 Å². The zero-order valence-electron chi connectivity index (χ0n) is 62.3. The summed E-state index contributed by atoms with van der Waals surface area (Å²) < 4.78 is 110. The van der Waals surface area contributed by atoms with Gasteiger partial charge in [0, 0.05) is 0 Å². The Labute approximate surface area is 651 Å². The standard InChI is InChI=1S/C95H98O16/c96-82-85(110-94-92(106-65-78-52-30-10-31-53-78)87(101-60-73-42-20-5-21-43-73)83(99-58-71-38-16-3-17-39-71)80(108-94)67-97-56-69-34-12-1-13-35-69)89(103-62-75-46-24-7-25-47-75)91(105-64-77-50-28-9-29-51-77)90(104-63-76-48-26-8-27-49-76)86(82)111-95-93(107-66-79-54-32-11-33-55-79)88(102-61-74-44-22-6-23-45-74)84(100-59-72-40-18-4-19-41-72)81(109-95)68-98-57-70-36-14-2-15-37-70/h1-55,80-96H,56-68H2/t80?,81?,82-,83-,84-,85?,86?,87-,88?,89?,90+,91-,92?,93-,94-,95-/m1/s1. The van der Waals surface area contributed by atoms with Gasteiger partial charge in [-0.1, -0.05) is 334 Å². The molecule has 2 saturated heterocycles. The quantitative estimate of drug-likeness (QED) is 0.0387. The third-order valence-electron chi connectivity index (χ3n) is 20.1. The van der Waals surface area contributed by atoms with E-state index in [1.165, 1.54) is 0 Å². The summed E-state index contributed by atoms with van der Waals surface area (Å²) in [6.45, 7) is 1.71. The fraction of sp³-hybridized carbons (Fsp3) is 0.305. The van der Waals surface area contributed by atoms with Crippen molar-refractivity contribution in [3.63, 3.8) is 0 Å². The minimum atomic E-state index is -1.67. The van der Waals surface area contributed by atoms with Crippen LogP contribution in [0.1, 0.15) is 61.2 Å². The molecule has 0 radical (unpaired) electrons. The van der Waals surface area contributed by atoms with Crippen molar-refractivity contribution in [3.05, 3.63) is 395 Å². The van der Waals surface area contributed by atoms with Crippen LogP contribution < -0.4 is 0 Å². The highest BCUT2D eigenvalue weighted by atomic mass is 16.8. The van der Waals surface area contributed by atoms with Crippen LogP contribution in [0.4, 0.5) is 0 Å². The molecule has 1 saturated carbocycles. The monoisotopic (exact) mass is 1490 g/mol. The van der Waals surface area contributed by atoms with Gasteiger partial charge in [0.15, 0.2) is 12.6 Å². The maximum absolute atomic E-state index is 14.5. The number of hydrogen-bond donors (Lipinski definition) is 1. The molecule has 16 heteroatoms. The van der Waals surface area contributed by atoms with Gasteiger partial charge in [0.1, 0.15) is 85.5 Å². The summed E-state index contributed by atoms with van der Waals surface area (Å²) in [6.07, 6.45) is -18.1. The lowest BCUT2D eigenvalue weighted by molar-refractivity contribution is -0.381. The van der Waals surface area contributed by atoms with E-state index in [9.17, 15) is 5.11 Å². The van der Waals surface area contributed by atoms with Crippen LogP contribution >= 0.6 is 0 Å². The van der Waals surface area contributed by atoms with Crippen LogP contribution in [0, 0.1) is 0 Å². The summed E-state index contributed by atoms with van der Waals surface area (Å²) in [5, 5.41) is 14.5. The number of hydrogen-bond acceptors (Lipinski definition) is 16. The van der Waals surface area contributed by atoms with E-state index in [2.05, 4.69) is 0 Å². The van der Waals surface area contributed by atoms with Crippen molar-refractivity contribution in [2.45, 2.75) is 171 Å². The molecule has 1 N–H and O–H groups in total. The number of ether oxygens (including phenoxy) is 15. The third-order valence-corrected chi connectivity index (χ3v) is 20.1. The SMILES string of the molecule is O[C@@H]1C(O[C@H]2OC(COCc3ccccc3)[C@@H](OCc3ccccc3)[C@@H](OCc3ccccc3)C2OCc2ccccc2)C(OCc2ccccc2)[C@@H](OCc2ccccc2)[C@@H](OCc2ccccc2)C1O[C@H]1OC(COCc2ccccc2)[C@@H](OCc2ccccc2)C(OCc2ccccc2)[C@H]1OCc1ccccc1. The molecule has 11 aromatic rings. The molecule has 0 aromatic heterocycles. The minimum absolute atomic E-state index is 0.0269. The van der Waals surface area contributed by atoms with Crippen LogP contribution in [-0.4, -0.2) is 116 Å².